The van der Waals surface area contributed by atoms with Gasteiger partial charge >= 0.3 is 0 Å². The van der Waals surface area contributed by atoms with Crippen molar-refractivity contribution in [1.29, 1.82) is 0 Å². The molecule has 8 aliphatic rings. The molecule has 0 aromatic rings. The Labute approximate surface area is 449 Å². The van der Waals surface area contributed by atoms with Gasteiger partial charge in [0.15, 0.2) is 25.2 Å². The van der Waals surface area contributed by atoms with Crippen LogP contribution in [0.25, 0.3) is 0 Å². The smallest absolute Gasteiger partial charge is 0.187 e. The standard InChI is InChI=1S/C53H90O24/c1-48(2,69)12-9-13-53(8,77-47-42(68)37(63)34(60)27(19-55)74-47)22-10-15-51(6)31(22)23(56)16-29-50(5)14-11-30(76-46-41(67)38(64)35(61)28(75-46)21-71-44-39(65)32(58)24(57)20-70-44)49(3,4)43(50)25(17-52(29,51)7)72-45-40(66)36(62)33(59)26(18-54)73-45/h9,12,22-47,54-69H,10-11,13-21H2,1-8H3/b12-9+/t22-,23+,24+,25-,26+,27+,28+,29+,30-,31-,32-,33+,34+,35+,36-,37-,38-,39+,40+,41+,42+,43+,44-,45+,46-,47-,50+,51+,52+,53-/m0/s1. The van der Waals surface area contributed by atoms with Crippen LogP contribution in [0.4, 0.5) is 0 Å². The van der Waals surface area contributed by atoms with Gasteiger partial charge in [-0.25, -0.2) is 0 Å². The van der Waals surface area contributed by atoms with E-state index >= 15 is 0 Å². The number of fused-ring (bicyclic) bond motifs is 5. The molecule has 4 aliphatic heterocycles. The number of hydrogen-bond donors (Lipinski definition) is 16. The Kier molecular flexibility index (Phi) is 18.3. The van der Waals surface area contributed by atoms with E-state index in [-0.39, 0.29) is 31.8 Å². The fraction of sp³-hybridized carbons (Fsp3) is 0.962. The molecule has 24 heteroatoms. The summed E-state index contributed by atoms with van der Waals surface area (Å²) in [6, 6.07) is 0. The molecule has 0 aromatic carbocycles. The Balaban J connectivity index is 1.12. The van der Waals surface area contributed by atoms with Crippen molar-refractivity contribution in [2.75, 3.05) is 26.4 Å². The van der Waals surface area contributed by atoms with Crippen LogP contribution in [0.1, 0.15) is 100 Å². The largest absolute Gasteiger partial charge is 0.394 e. The van der Waals surface area contributed by atoms with Crippen LogP contribution in [0.5, 0.6) is 0 Å². The van der Waals surface area contributed by atoms with Crippen LogP contribution in [0, 0.1) is 45.3 Å². The molecule has 446 valence electrons. The first-order valence-electron chi connectivity index (χ1n) is 27.4. The summed E-state index contributed by atoms with van der Waals surface area (Å²) in [5.74, 6) is -1.77. The van der Waals surface area contributed by atoms with E-state index in [4.69, 9.17) is 37.9 Å². The van der Waals surface area contributed by atoms with E-state index in [0.717, 1.165) is 0 Å². The van der Waals surface area contributed by atoms with E-state index in [0.29, 0.717) is 25.7 Å². The minimum absolute atomic E-state index is 0.144. The average molecular weight is 1110 g/mol. The van der Waals surface area contributed by atoms with Gasteiger partial charge in [0.25, 0.3) is 0 Å². The maximum atomic E-state index is 12.9. The molecular formula is C53H90O24. The molecule has 4 heterocycles. The predicted molar refractivity (Wildman–Crippen MR) is 263 cm³/mol. The molecule has 4 saturated heterocycles. The second-order valence-corrected chi connectivity index (χ2v) is 25.9. The summed E-state index contributed by atoms with van der Waals surface area (Å²) in [5.41, 5.74) is -5.64. The Morgan fingerprint density at radius 3 is 1.70 bits per heavy atom. The first-order valence-corrected chi connectivity index (χ1v) is 27.4. The first-order chi connectivity index (χ1) is 35.8. The van der Waals surface area contributed by atoms with Gasteiger partial charge in [-0.3, -0.25) is 0 Å². The Bertz CT molecular complexity index is 2010. The van der Waals surface area contributed by atoms with Crippen molar-refractivity contribution < 1.29 is 120 Å². The second kappa shape index (κ2) is 22.7. The molecule has 0 radical (unpaired) electrons. The van der Waals surface area contributed by atoms with E-state index in [1.165, 1.54) is 0 Å². The first kappa shape index (κ1) is 61.8. The highest BCUT2D eigenvalue weighted by Crippen LogP contribution is 2.76. The normalized spacial score (nSPS) is 53.1. The zero-order valence-corrected chi connectivity index (χ0v) is 45.4. The van der Waals surface area contributed by atoms with Crippen molar-refractivity contribution in [2.45, 2.75) is 247 Å². The van der Waals surface area contributed by atoms with Crippen molar-refractivity contribution in [3.8, 4) is 0 Å². The van der Waals surface area contributed by atoms with Crippen LogP contribution in [0.15, 0.2) is 12.2 Å². The molecule has 0 bridgehead atoms. The number of ether oxygens (including phenoxy) is 8. The van der Waals surface area contributed by atoms with Gasteiger partial charge < -0.3 is 120 Å². The molecule has 8 rings (SSSR count). The number of aliphatic hydroxyl groups is 16. The number of rotatable bonds is 15. The van der Waals surface area contributed by atoms with E-state index in [1.54, 1.807) is 26.0 Å². The quantitative estimate of drug-likeness (QED) is 0.0556. The lowest BCUT2D eigenvalue weighted by Gasteiger charge is -2.72. The monoisotopic (exact) mass is 1110 g/mol. The van der Waals surface area contributed by atoms with Crippen LogP contribution in [-0.2, 0) is 37.9 Å². The highest BCUT2D eigenvalue weighted by Gasteiger charge is 2.74. The van der Waals surface area contributed by atoms with Crippen LogP contribution >= 0.6 is 0 Å². The molecule has 0 aromatic heterocycles. The summed E-state index contributed by atoms with van der Waals surface area (Å²) >= 11 is 0. The van der Waals surface area contributed by atoms with Crippen LogP contribution in [0.2, 0.25) is 0 Å². The Morgan fingerprint density at radius 2 is 1.12 bits per heavy atom. The third-order valence-corrected chi connectivity index (χ3v) is 20.3. The van der Waals surface area contributed by atoms with Gasteiger partial charge in [-0.05, 0) is 111 Å². The molecular weight excluding hydrogens is 1020 g/mol. The van der Waals surface area contributed by atoms with Crippen LogP contribution in [0.3, 0.4) is 0 Å². The van der Waals surface area contributed by atoms with E-state index in [1.807, 2.05) is 20.8 Å². The highest BCUT2D eigenvalue weighted by molar-refractivity contribution is 5.23. The van der Waals surface area contributed by atoms with Gasteiger partial charge in [0, 0.05) is 0 Å². The minimum atomic E-state index is -1.80. The van der Waals surface area contributed by atoms with Gasteiger partial charge in [0.05, 0.1) is 55.9 Å². The molecule has 16 N–H and O–H groups in total. The molecule has 4 saturated carbocycles. The maximum Gasteiger partial charge on any atom is 0.187 e. The minimum Gasteiger partial charge on any atom is -0.394 e. The van der Waals surface area contributed by atoms with Crippen molar-refractivity contribution in [3.63, 3.8) is 0 Å². The molecule has 0 spiro atoms. The third-order valence-electron chi connectivity index (χ3n) is 20.3. The predicted octanol–water partition coefficient (Wildman–Crippen LogP) is -3.62. The fourth-order valence-corrected chi connectivity index (χ4v) is 16.0. The lowest BCUT2D eigenvalue weighted by atomic mass is 9.34. The summed E-state index contributed by atoms with van der Waals surface area (Å²) in [6.07, 6.45) is -26.8. The molecule has 8 fully saturated rings. The summed E-state index contributed by atoms with van der Waals surface area (Å²) in [4.78, 5) is 0. The van der Waals surface area contributed by atoms with Gasteiger partial charge in [-0.15, -0.1) is 0 Å². The van der Waals surface area contributed by atoms with Gasteiger partial charge in [0.2, 0.25) is 0 Å². The molecule has 0 unspecified atom stereocenters. The average Bonchev–Trinajstić information content (AvgIpc) is 3.99. The molecule has 4 aliphatic carbocycles. The van der Waals surface area contributed by atoms with Crippen LogP contribution in [-0.4, -0.2) is 254 Å². The summed E-state index contributed by atoms with van der Waals surface area (Å²) < 4.78 is 49.5. The molecule has 24 nitrogen and oxygen atoms in total. The fourth-order valence-electron chi connectivity index (χ4n) is 16.0. The number of hydrogen-bond acceptors (Lipinski definition) is 24. The Morgan fingerprint density at radius 1 is 0.584 bits per heavy atom. The summed E-state index contributed by atoms with van der Waals surface area (Å²) in [7, 11) is 0. The third kappa shape index (κ3) is 11.0. The van der Waals surface area contributed by atoms with Crippen molar-refractivity contribution in [3.05, 3.63) is 12.2 Å². The Hall–Kier alpha value is -1.22. The van der Waals surface area contributed by atoms with E-state index in [9.17, 15) is 81.7 Å². The van der Waals surface area contributed by atoms with Gasteiger partial charge in [-0.2, -0.15) is 0 Å². The second-order valence-electron chi connectivity index (χ2n) is 25.9. The molecule has 30 atom stereocenters. The summed E-state index contributed by atoms with van der Waals surface area (Å²) in [6.45, 7) is 13.1. The number of aliphatic hydroxyl groups excluding tert-OH is 15. The maximum absolute atomic E-state index is 12.9. The zero-order valence-electron chi connectivity index (χ0n) is 45.4. The zero-order chi connectivity index (χ0) is 56.9. The van der Waals surface area contributed by atoms with E-state index < -0.39 is 205 Å². The lowest BCUT2D eigenvalue weighted by Crippen LogP contribution is -2.71. The molecule has 0 amide bonds. The summed E-state index contributed by atoms with van der Waals surface area (Å²) in [5, 5.41) is 174. The van der Waals surface area contributed by atoms with Crippen molar-refractivity contribution in [2.24, 2.45) is 45.3 Å². The van der Waals surface area contributed by atoms with Gasteiger partial charge in [-0.1, -0.05) is 46.8 Å². The topological polar surface area (TPSA) is 398 Å². The van der Waals surface area contributed by atoms with Crippen LogP contribution < -0.4 is 0 Å². The molecule has 77 heavy (non-hydrogen) atoms. The SMILES string of the molecule is CC(C)(O)/C=C/C[C@](C)(O[C@@H]1O[C@H](CO)[C@@H](O)[C@H](O)[C@H]1O)[C@H]1CC[C@]2(C)[C@@H]1[C@H](O)C[C@@H]1[C@@]3(C)CC[C@H](O[C@@H]4O[C@H](CO[C@@H]5OC[C@@H](O)[C@H](O)[C@H]5O)[C@@H](O)[C@H](O)[C@H]4O)C(C)(C)[C@H]3[C@@H](O[C@@H]3O[C@H](CO)[C@@H](O)[C@H](O)[C@H]3O)C[C@]12C. The van der Waals surface area contributed by atoms with Crippen molar-refractivity contribution >= 4 is 0 Å². The van der Waals surface area contributed by atoms with Gasteiger partial charge in [0.1, 0.15) is 91.6 Å². The highest BCUT2D eigenvalue weighted by atomic mass is 16.7. The lowest BCUT2D eigenvalue weighted by molar-refractivity contribution is -0.363. The van der Waals surface area contributed by atoms with E-state index in [2.05, 4.69) is 20.8 Å². The van der Waals surface area contributed by atoms with Crippen molar-refractivity contribution in [1.82, 2.24) is 0 Å².